The summed E-state index contributed by atoms with van der Waals surface area (Å²) in [4.78, 5) is 37.6. The molecule has 1 aliphatic carbocycles. The summed E-state index contributed by atoms with van der Waals surface area (Å²) in [6.07, 6.45) is 4.17. The van der Waals surface area contributed by atoms with Crippen LogP contribution < -0.4 is 10.1 Å². The molecule has 3 rings (SSSR count). The topological polar surface area (TPSA) is 95.9 Å². The molecule has 2 aliphatic rings. The van der Waals surface area contributed by atoms with E-state index < -0.39 is 5.97 Å². The van der Waals surface area contributed by atoms with Crippen LogP contribution in [0, 0.1) is 11.8 Å². The van der Waals surface area contributed by atoms with Gasteiger partial charge in [-0.15, -0.1) is 0 Å². The van der Waals surface area contributed by atoms with Crippen molar-refractivity contribution in [3.05, 3.63) is 29.3 Å². The van der Waals surface area contributed by atoms with Gasteiger partial charge in [-0.3, -0.25) is 9.59 Å². The number of hydrogen-bond acceptors (Lipinski definition) is 4. The van der Waals surface area contributed by atoms with E-state index in [2.05, 4.69) is 5.32 Å². The zero-order valence-corrected chi connectivity index (χ0v) is 15.6. The van der Waals surface area contributed by atoms with Gasteiger partial charge >= 0.3 is 5.97 Å². The molecule has 1 saturated heterocycles. The summed E-state index contributed by atoms with van der Waals surface area (Å²) in [5, 5.41) is 12.0. The van der Waals surface area contributed by atoms with Gasteiger partial charge in [-0.25, -0.2) is 4.79 Å². The van der Waals surface area contributed by atoms with Crippen LogP contribution in [0.4, 0.5) is 0 Å². The number of benzene rings is 1. The van der Waals surface area contributed by atoms with Crippen LogP contribution in [-0.4, -0.2) is 54.5 Å². The number of nitrogens with zero attached hydrogens (tertiary/aromatic N) is 1. The molecule has 0 radical (unpaired) electrons. The third kappa shape index (κ3) is 4.78. The molecule has 0 aromatic heterocycles. The molecule has 1 heterocycles. The van der Waals surface area contributed by atoms with Crippen molar-refractivity contribution >= 4 is 17.8 Å². The lowest BCUT2D eigenvalue weighted by Crippen LogP contribution is -2.46. The molecule has 1 aromatic carbocycles. The summed E-state index contributed by atoms with van der Waals surface area (Å²) in [7, 11) is 1.50. The number of piperidine rings is 1. The fraction of sp³-hybridized carbons (Fsp3) is 0.550. The van der Waals surface area contributed by atoms with Crippen LogP contribution in [0.15, 0.2) is 18.2 Å². The molecule has 7 heteroatoms. The highest BCUT2D eigenvalue weighted by molar-refractivity contribution is 5.88. The highest BCUT2D eigenvalue weighted by atomic mass is 16.5. The van der Waals surface area contributed by atoms with Gasteiger partial charge in [0.1, 0.15) is 5.75 Å². The molecule has 1 saturated carbocycles. The second-order valence-electron chi connectivity index (χ2n) is 7.27. The van der Waals surface area contributed by atoms with E-state index in [9.17, 15) is 14.4 Å². The van der Waals surface area contributed by atoms with Crippen LogP contribution in [0.5, 0.6) is 5.75 Å². The van der Waals surface area contributed by atoms with E-state index >= 15 is 0 Å². The molecule has 1 atom stereocenters. The monoisotopic (exact) mass is 374 g/mol. The minimum absolute atomic E-state index is 0.0237. The molecule has 2 fully saturated rings. The molecule has 27 heavy (non-hydrogen) atoms. The lowest BCUT2D eigenvalue weighted by atomic mass is 9.96. The molecular formula is C20H26N2O5. The third-order valence-electron chi connectivity index (χ3n) is 5.26. The summed E-state index contributed by atoms with van der Waals surface area (Å²) >= 11 is 0. The Morgan fingerprint density at radius 1 is 1.22 bits per heavy atom. The van der Waals surface area contributed by atoms with Gasteiger partial charge in [-0.2, -0.15) is 0 Å². The molecule has 2 amide bonds. The number of likely N-dealkylation sites (tertiary alicyclic amines) is 1. The zero-order chi connectivity index (χ0) is 19.4. The second-order valence-corrected chi connectivity index (χ2v) is 7.27. The molecule has 0 spiro atoms. The van der Waals surface area contributed by atoms with Gasteiger partial charge in [0, 0.05) is 25.6 Å². The number of amides is 2. The summed E-state index contributed by atoms with van der Waals surface area (Å²) in [5.41, 5.74) is 1.01. The lowest BCUT2D eigenvalue weighted by Gasteiger charge is -2.32. The summed E-state index contributed by atoms with van der Waals surface area (Å²) in [6, 6.07) is 4.73. The number of carbonyl (C=O) groups is 3. The SMILES string of the molecule is COc1cc(C(=O)O)ccc1CCNC(=O)C1CCCN(C(=O)C2CC2)C1. The predicted octanol–water partition coefficient (Wildman–Crippen LogP) is 1.70. The second kappa shape index (κ2) is 8.41. The first-order chi connectivity index (χ1) is 13.0. The Hall–Kier alpha value is -2.57. The molecule has 146 valence electrons. The summed E-state index contributed by atoms with van der Waals surface area (Å²) < 4.78 is 5.26. The average Bonchev–Trinajstić information content (AvgIpc) is 3.52. The van der Waals surface area contributed by atoms with E-state index in [-0.39, 0.29) is 29.2 Å². The molecule has 1 aromatic rings. The van der Waals surface area contributed by atoms with Gasteiger partial charge in [-0.1, -0.05) is 6.07 Å². The van der Waals surface area contributed by atoms with Crippen molar-refractivity contribution in [2.24, 2.45) is 11.8 Å². The summed E-state index contributed by atoms with van der Waals surface area (Å²) in [6.45, 7) is 1.71. The zero-order valence-electron chi connectivity index (χ0n) is 15.6. The van der Waals surface area contributed by atoms with Crippen molar-refractivity contribution in [3.63, 3.8) is 0 Å². The maximum atomic E-state index is 12.5. The molecule has 7 nitrogen and oxygen atoms in total. The normalized spacial score (nSPS) is 19.4. The van der Waals surface area contributed by atoms with E-state index in [1.165, 1.54) is 19.2 Å². The van der Waals surface area contributed by atoms with Gasteiger partial charge in [-0.05, 0) is 49.8 Å². The molecule has 0 bridgehead atoms. The Morgan fingerprint density at radius 2 is 2.00 bits per heavy atom. The minimum atomic E-state index is -1.00. The number of carbonyl (C=O) groups excluding carboxylic acids is 2. The molecular weight excluding hydrogens is 348 g/mol. The number of ether oxygens (including phenoxy) is 1. The van der Waals surface area contributed by atoms with E-state index in [0.29, 0.717) is 25.3 Å². The van der Waals surface area contributed by atoms with Crippen molar-refractivity contribution in [2.75, 3.05) is 26.7 Å². The number of carboxylic acid groups (broad SMARTS) is 1. The highest BCUT2D eigenvalue weighted by Crippen LogP contribution is 2.32. The number of hydrogen-bond donors (Lipinski definition) is 2. The van der Waals surface area contributed by atoms with Gasteiger partial charge in [0.25, 0.3) is 0 Å². The molecule has 2 N–H and O–H groups in total. The fourth-order valence-corrected chi connectivity index (χ4v) is 3.53. The molecule has 1 unspecified atom stereocenters. The van der Waals surface area contributed by atoms with Gasteiger partial charge in [0.05, 0.1) is 18.6 Å². The maximum Gasteiger partial charge on any atom is 0.335 e. The van der Waals surface area contributed by atoms with E-state index in [1.54, 1.807) is 6.07 Å². The van der Waals surface area contributed by atoms with Gasteiger partial charge < -0.3 is 20.1 Å². The highest BCUT2D eigenvalue weighted by Gasteiger charge is 2.36. The predicted molar refractivity (Wildman–Crippen MR) is 98.7 cm³/mol. The van der Waals surface area contributed by atoms with Crippen LogP contribution in [0.25, 0.3) is 0 Å². The number of methoxy groups -OCH3 is 1. The first-order valence-electron chi connectivity index (χ1n) is 9.46. The first kappa shape index (κ1) is 19.2. The van der Waals surface area contributed by atoms with Crippen LogP contribution in [0.3, 0.4) is 0 Å². The number of aromatic carboxylic acids is 1. The smallest absolute Gasteiger partial charge is 0.335 e. The lowest BCUT2D eigenvalue weighted by molar-refractivity contribution is -0.136. The van der Waals surface area contributed by atoms with E-state index in [0.717, 1.165) is 37.8 Å². The van der Waals surface area contributed by atoms with Gasteiger partial charge in [0.2, 0.25) is 11.8 Å². The van der Waals surface area contributed by atoms with Crippen molar-refractivity contribution in [2.45, 2.75) is 32.1 Å². The number of nitrogens with one attached hydrogen (secondary N) is 1. The Morgan fingerprint density at radius 3 is 2.67 bits per heavy atom. The van der Waals surface area contributed by atoms with Crippen molar-refractivity contribution < 1.29 is 24.2 Å². The Balaban J connectivity index is 1.50. The number of rotatable bonds is 7. The summed E-state index contributed by atoms with van der Waals surface area (Å²) in [5.74, 6) is -0.287. The van der Waals surface area contributed by atoms with Crippen LogP contribution in [0.2, 0.25) is 0 Å². The van der Waals surface area contributed by atoms with E-state index in [1.807, 2.05) is 4.90 Å². The fourth-order valence-electron chi connectivity index (χ4n) is 3.53. The Kier molecular flexibility index (Phi) is 5.98. The van der Waals surface area contributed by atoms with Crippen molar-refractivity contribution in [1.29, 1.82) is 0 Å². The standard InChI is InChI=1S/C20H26N2O5/c1-27-17-11-15(20(25)26)7-4-13(17)8-9-21-18(23)16-3-2-10-22(12-16)19(24)14-5-6-14/h4,7,11,14,16H,2-3,5-6,8-10,12H2,1H3,(H,21,23)(H,25,26). The van der Waals surface area contributed by atoms with Crippen LogP contribution in [-0.2, 0) is 16.0 Å². The maximum absolute atomic E-state index is 12.5. The van der Waals surface area contributed by atoms with Gasteiger partial charge in [0.15, 0.2) is 0 Å². The Labute approximate surface area is 158 Å². The average molecular weight is 374 g/mol. The van der Waals surface area contributed by atoms with Crippen LogP contribution >= 0.6 is 0 Å². The van der Waals surface area contributed by atoms with Crippen molar-refractivity contribution in [1.82, 2.24) is 10.2 Å². The largest absolute Gasteiger partial charge is 0.496 e. The quantitative estimate of drug-likeness (QED) is 0.757. The minimum Gasteiger partial charge on any atom is -0.496 e. The number of carboxylic acids is 1. The van der Waals surface area contributed by atoms with Crippen molar-refractivity contribution in [3.8, 4) is 5.75 Å². The Bertz CT molecular complexity index is 729. The third-order valence-corrected chi connectivity index (χ3v) is 5.26. The first-order valence-corrected chi connectivity index (χ1v) is 9.46. The van der Waals surface area contributed by atoms with Crippen LogP contribution in [0.1, 0.15) is 41.6 Å². The molecule has 1 aliphatic heterocycles. The van der Waals surface area contributed by atoms with E-state index in [4.69, 9.17) is 9.84 Å².